The van der Waals surface area contributed by atoms with E-state index in [1.807, 2.05) is 0 Å². The number of nitrogens with one attached hydrogen (secondary N) is 1. The van der Waals surface area contributed by atoms with Crippen LogP contribution in [-0.2, 0) is 6.18 Å². The van der Waals surface area contributed by atoms with Crippen LogP contribution in [0.25, 0.3) is 0 Å². The highest BCUT2D eigenvalue weighted by atomic mass is 19.4. The van der Waals surface area contributed by atoms with Gasteiger partial charge in [-0.25, -0.2) is 0 Å². The van der Waals surface area contributed by atoms with Crippen LogP contribution in [-0.4, -0.2) is 6.54 Å². The number of rotatable bonds is 2. The molecule has 0 heterocycles. The number of hydrogen-bond donors (Lipinski definition) is 1. The minimum absolute atomic E-state index is 0.264. The predicted molar refractivity (Wildman–Crippen MR) is 58.1 cm³/mol. The summed E-state index contributed by atoms with van der Waals surface area (Å²) >= 11 is 0. The number of nitriles is 1. The van der Waals surface area contributed by atoms with E-state index in [0.29, 0.717) is 5.69 Å². The first-order valence-corrected chi connectivity index (χ1v) is 4.74. The van der Waals surface area contributed by atoms with Gasteiger partial charge in [0.25, 0.3) is 0 Å². The fourth-order valence-electron chi connectivity index (χ4n) is 1.22. The fraction of sp³-hybridized carbons (Fsp3) is 0.250. The molecule has 0 aromatic heterocycles. The maximum absolute atomic E-state index is 12.6. The third-order valence-electron chi connectivity index (χ3n) is 2.00. The third-order valence-corrected chi connectivity index (χ3v) is 2.00. The Hall–Kier alpha value is -2.14. The Bertz CT molecular complexity index is 501. The molecule has 0 fully saturated rings. The molecule has 0 saturated heterocycles. The van der Waals surface area contributed by atoms with E-state index in [0.717, 1.165) is 12.1 Å². The van der Waals surface area contributed by atoms with E-state index in [-0.39, 0.29) is 12.1 Å². The Morgan fingerprint density at radius 3 is 2.59 bits per heavy atom. The van der Waals surface area contributed by atoms with Crippen molar-refractivity contribution in [2.75, 3.05) is 11.9 Å². The Morgan fingerprint density at radius 1 is 1.35 bits per heavy atom. The summed E-state index contributed by atoms with van der Waals surface area (Å²) in [5.74, 6) is 5.29. The largest absolute Gasteiger partial charge is 0.417 e. The number of halogens is 3. The molecule has 2 nitrogen and oxygen atoms in total. The number of hydrogen-bond acceptors (Lipinski definition) is 2. The van der Waals surface area contributed by atoms with Crippen LogP contribution in [0, 0.1) is 23.2 Å². The van der Waals surface area contributed by atoms with Crippen LogP contribution >= 0.6 is 0 Å². The van der Waals surface area contributed by atoms with Gasteiger partial charge in [0.2, 0.25) is 0 Å². The van der Waals surface area contributed by atoms with Crippen molar-refractivity contribution >= 4 is 5.69 Å². The third kappa shape index (κ3) is 3.42. The number of nitrogens with zero attached hydrogens (tertiary/aromatic N) is 1. The molecule has 0 saturated carbocycles. The minimum Gasteiger partial charge on any atom is -0.374 e. The lowest BCUT2D eigenvalue weighted by Gasteiger charge is -2.11. The SMILES string of the molecule is CC#CCNc1ccc(C#N)c(C(F)(F)F)c1. The van der Waals surface area contributed by atoms with Crippen LogP contribution in [0.15, 0.2) is 18.2 Å². The summed E-state index contributed by atoms with van der Waals surface area (Å²) in [7, 11) is 0. The number of benzene rings is 1. The molecule has 0 aliphatic heterocycles. The normalized spacial score (nSPS) is 10.1. The second kappa shape index (κ2) is 5.27. The molecule has 0 aliphatic carbocycles. The number of anilines is 1. The highest BCUT2D eigenvalue weighted by molar-refractivity contribution is 5.53. The minimum atomic E-state index is -4.53. The molecule has 0 bridgehead atoms. The van der Waals surface area contributed by atoms with E-state index >= 15 is 0 Å². The van der Waals surface area contributed by atoms with Crippen LogP contribution in [0.5, 0.6) is 0 Å². The second-order valence-corrected chi connectivity index (χ2v) is 3.15. The van der Waals surface area contributed by atoms with Crippen molar-refractivity contribution in [1.82, 2.24) is 0 Å². The maximum Gasteiger partial charge on any atom is 0.417 e. The zero-order valence-corrected chi connectivity index (χ0v) is 9.02. The summed E-state index contributed by atoms with van der Waals surface area (Å²) in [5, 5.41) is 11.3. The quantitative estimate of drug-likeness (QED) is 0.804. The molecule has 1 rings (SSSR count). The molecule has 88 valence electrons. The molecule has 1 aromatic rings. The Balaban J connectivity index is 3.05. The highest BCUT2D eigenvalue weighted by Crippen LogP contribution is 2.33. The Morgan fingerprint density at radius 2 is 2.06 bits per heavy atom. The summed E-state index contributed by atoms with van der Waals surface area (Å²) in [5.41, 5.74) is -1.03. The molecule has 0 spiro atoms. The van der Waals surface area contributed by atoms with E-state index in [4.69, 9.17) is 5.26 Å². The highest BCUT2D eigenvalue weighted by Gasteiger charge is 2.33. The zero-order valence-electron chi connectivity index (χ0n) is 9.02. The molecule has 0 radical (unpaired) electrons. The van der Waals surface area contributed by atoms with E-state index < -0.39 is 11.7 Å². The van der Waals surface area contributed by atoms with Gasteiger partial charge >= 0.3 is 6.18 Å². The maximum atomic E-state index is 12.6. The fourth-order valence-corrected chi connectivity index (χ4v) is 1.22. The van der Waals surface area contributed by atoms with Gasteiger partial charge in [0.1, 0.15) is 0 Å². The lowest BCUT2D eigenvalue weighted by molar-refractivity contribution is -0.137. The van der Waals surface area contributed by atoms with Crippen LogP contribution in [0.1, 0.15) is 18.1 Å². The van der Waals surface area contributed by atoms with Crippen LogP contribution in [0.2, 0.25) is 0 Å². The van der Waals surface area contributed by atoms with Gasteiger partial charge < -0.3 is 5.32 Å². The smallest absolute Gasteiger partial charge is 0.374 e. The van der Waals surface area contributed by atoms with E-state index in [2.05, 4.69) is 17.2 Å². The first-order chi connectivity index (χ1) is 7.99. The topological polar surface area (TPSA) is 35.8 Å². The van der Waals surface area contributed by atoms with Crippen molar-refractivity contribution in [2.24, 2.45) is 0 Å². The molecule has 1 aromatic carbocycles. The molecular formula is C12H9F3N2. The van der Waals surface area contributed by atoms with E-state index in [9.17, 15) is 13.2 Å². The monoisotopic (exact) mass is 238 g/mol. The molecule has 0 aliphatic rings. The molecule has 0 amide bonds. The zero-order chi connectivity index (χ0) is 12.9. The van der Waals surface area contributed by atoms with Gasteiger partial charge in [-0.3, -0.25) is 0 Å². The lowest BCUT2D eigenvalue weighted by Crippen LogP contribution is -2.09. The summed E-state index contributed by atoms with van der Waals surface area (Å²) < 4.78 is 37.8. The van der Waals surface area contributed by atoms with Gasteiger partial charge in [0, 0.05) is 5.69 Å². The van der Waals surface area contributed by atoms with Crippen molar-refractivity contribution in [3.05, 3.63) is 29.3 Å². The average molecular weight is 238 g/mol. The standard InChI is InChI=1S/C12H9F3N2/c1-2-3-6-17-10-5-4-9(8-16)11(7-10)12(13,14)15/h4-5,7,17H,6H2,1H3. The lowest BCUT2D eigenvalue weighted by atomic mass is 10.1. The first-order valence-electron chi connectivity index (χ1n) is 4.74. The predicted octanol–water partition coefficient (Wildman–Crippen LogP) is 3.01. The van der Waals surface area contributed by atoms with Crippen LogP contribution in [0.3, 0.4) is 0 Å². The molecule has 17 heavy (non-hydrogen) atoms. The Labute approximate surface area is 97.1 Å². The van der Waals surface area contributed by atoms with Gasteiger partial charge in [-0.1, -0.05) is 5.92 Å². The van der Waals surface area contributed by atoms with E-state index in [1.165, 1.54) is 12.1 Å². The molecular weight excluding hydrogens is 229 g/mol. The summed E-state index contributed by atoms with van der Waals surface area (Å²) in [6, 6.07) is 5.00. The van der Waals surface area contributed by atoms with Crippen molar-refractivity contribution in [3.63, 3.8) is 0 Å². The first kappa shape index (κ1) is 12.9. The molecule has 0 unspecified atom stereocenters. The van der Waals surface area contributed by atoms with Crippen molar-refractivity contribution in [3.8, 4) is 17.9 Å². The van der Waals surface area contributed by atoms with Crippen molar-refractivity contribution < 1.29 is 13.2 Å². The van der Waals surface area contributed by atoms with Gasteiger partial charge in [-0.05, 0) is 25.1 Å². The summed E-state index contributed by atoms with van der Waals surface area (Å²) in [4.78, 5) is 0. The molecule has 5 heteroatoms. The van der Waals surface area contributed by atoms with Crippen LogP contribution < -0.4 is 5.32 Å². The van der Waals surface area contributed by atoms with Crippen molar-refractivity contribution in [1.29, 1.82) is 5.26 Å². The average Bonchev–Trinajstić information content (AvgIpc) is 2.28. The molecule has 1 N–H and O–H groups in total. The summed E-state index contributed by atoms with van der Waals surface area (Å²) in [6.45, 7) is 1.90. The van der Waals surface area contributed by atoms with Gasteiger partial charge in [-0.15, -0.1) is 5.92 Å². The van der Waals surface area contributed by atoms with E-state index in [1.54, 1.807) is 6.92 Å². The number of alkyl halides is 3. The van der Waals surface area contributed by atoms with Gasteiger partial charge in [-0.2, -0.15) is 18.4 Å². The Kier molecular flexibility index (Phi) is 4.01. The van der Waals surface area contributed by atoms with Crippen LogP contribution in [0.4, 0.5) is 18.9 Å². The van der Waals surface area contributed by atoms with Crippen molar-refractivity contribution in [2.45, 2.75) is 13.1 Å². The van der Waals surface area contributed by atoms with Gasteiger partial charge in [0.05, 0.1) is 23.7 Å². The van der Waals surface area contributed by atoms with Gasteiger partial charge in [0.15, 0.2) is 0 Å². The summed E-state index contributed by atoms with van der Waals surface area (Å²) in [6.07, 6.45) is -4.53. The second-order valence-electron chi connectivity index (χ2n) is 3.15. The molecule has 0 atom stereocenters.